The van der Waals surface area contributed by atoms with Gasteiger partial charge in [0.25, 0.3) is 0 Å². The molecule has 6 N–H and O–H groups in total. The van der Waals surface area contributed by atoms with Crippen LogP contribution in [0.3, 0.4) is 0 Å². The first-order chi connectivity index (χ1) is 49.9. The van der Waals surface area contributed by atoms with Gasteiger partial charge in [-0.25, -0.2) is 26.4 Å². The first kappa shape index (κ1) is 74.1. The SMILES string of the molecule is C[N+]1(C)[C@@H]2CC[C@H]1C[C@@H](OC(=O)C(O)c1ccccc1)C2.C[N+]1(C)[C@@H]2CC[C@H]1C[C@@H](OC(=O)C(O)c1ccccc1)C2.O=S(=O)([O-])c1cc(Nc2nc(Nc3ccccc3)nc(N3CCOCC3)n2)ccc1/C=C/c1ccc(Nc2nc(Nc3ccccc3)nc(N3CCOCC3)n2)cc1S(=O)(=O)[O-]. The number of rotatable bonds is 20. The van der Waals surface area contributed by atoms with E-state index in [0.717, 1.165) is 58.2 Å². The Bertz CT molecular complexity index is 4230. The molecule has 6 fully saturated rings. The van der Waals surface area contributed by atoms with Crippen LogP contribution < -0.4 is 31.1 Å². The quantitative estimate of drug-likeness (QED) is 0.0180. The van der Waals surface area contributed by atoms with Crippen molar-refractivity contribution in [3.63, 3.8) is 0 Å². The lowest BCUT2D eigenvalue weighted by molar-refractivity contribution is -0.931. The number of hydrogen-bond donors (Lipinski definition) is 6. The molecule has 8 atom stereocenters. The monoisotopic (exact) mass is 1460 g/mol. The molecule has 2 unspecified atom stereocenters. The number of morpholine rings is 2. The van der Waals surface area contributed by atoms with Gasteiger partial charge in [-0.2, -0.15) is 29.9 Å². The summed E-state index contributed by atoms with van der Waals surface area (Å²) in [7, 11) is -1.08. The Labute approximate surface area is 604 Å². The molecule has 14 rings (SSSR count). The van der Waals surface area contributed by atoms with Gasteiger partial charge in [0.1, 0.15) is 32.4 Å². The van der Waals surface area contributed by atoms with E-state index in [1.807, 2.05) is 107 Å². The van der Waals surface area contributed by atoms with Crippen LogP contribution in [0.25, 0.3) is 12.2 Å². The fourth-order valence-corrected chi connectivity index (χ4v) is 15.7. The van der Waals surface area contributed by atoms with Crippen molar-refractivity contribution in [2.45, 2.75) is 110 Å². The number of quaternary nitrogens is 2. The van der Waals surface area contributed by atoms with Crippen LogP contribution in [0, 0.1) is 0 Å². The molecular weight excluding hydrogens is 1370 g/mol. The van der Waals surface area contributed by atoms with Crippen molar-refractivity contribution in [2.75, 3.05) is 112 Å². The second kappa shape index (κ2) is 32.6. The smallest absolute Gasteiger partial charge is 0.339 e. The fourth-order valence-electron chi connectivity index (χ4n) is 14.3. The zero-order chi connectivity index (χ0) is 73.2. The molecule has 8 heterocycles. The Hall–Kier alpha value is -9.60. The lowest BCUT2D eigenvalue weighted by atomic mass is 9.97. The third-order valence-corrected chi connectivity index (χ3v) is 22.0. The van der Waals surface area contributed by atoms with E-state index in [1.54, 1.807) is 24.3 Å². The number of hydrogen-bond acceptors (Lipinski definition) is 26. The van der Waals surface area contributed by atoms with E-state index < -0.39 is 54.2 Å². The zero-order valence-electron chi connectivity index (χ0n) is 58.2. The Morgan fingerprint density at radius 2 is 0.760 bits per heavy atom. The molecule has 4 bridgehead atoms. The summed E-state index contributed by atoms with van der Waals surface area (Å²) < 4.78 is 99.9. The molecule has 6 saturated heterocycles. The molecule has 6 aliphatic heterocycles. The van der Waals surface area contributed by atoms with Gasteiger partial charge in [0, 0.05) is 100 Å². The van der Waals surface area contributed by atoms with Crippen molar-refractivity contribution in [1.29, 1.82) is 0 Å². The highest BCUT2D eigenvalue weighted by molar-refractivity contribution is 7.86. The highest BCUT2D eigenvalue weighted by Crippen LogP contribution is 2.43. The summed E-state index contributed by atoms with van der Waals surface area (Å²) >= 11 is 0. The predicted molar refractivity (Wildman–Crippen MR) is 388 cm³/mol. The van der Waals surface area contributed by atoms with E-state index in [4.69, 9.17) is 18.9 Å². The van der Waals surface area contributed by atoms with Crippen molar-refractivity contribution in [1.82, 2.24) is 29.9 Å². The van der Waals surface area contributed by atoms with Crippen LogP contribution in [0.5, 0.6) is 0 Å². The summed E-state index contributed by atoms with van der Waals surface area (Å²) in [6, 6.07) is 46.7. The molecule has 0 saturated carbocycles. The molecule has 104 heavy (non-hydrogen) atoms. The second-order valence-electron chi connectivity index (χ2n) is 27.5. The number of esters is 2. The Morgan fingerprint density at radius 1 is 0.462 bits per heavy atom. The first-order valence-corrected chi connectivity index (χ1v) is 37.5. The van der Waals surface area contributed by atoms with Crippen molar-refractivity contribution < 1.29 is 73.7 Å². The summed E-state index contributed by atoms with van der Waals surface area (Å²) in [5.74, 6) is 0.225. The van der Waals surface area contributed by atoms with Gasteiger partial charge in [0.05, 0.1) is 88.6 Å². The number of benzene rings is 6. The molecule has 8 aromatic rings. The van der Waals surface area contributed by atoms with Gasteiger partial charge in [-0.3, -0.25) is 0 Å². The average Bonchev–Trinajstić information content (AvgIpc) is 1.60. The number of para-hydroxylation sites is 2. The minimum atomic E-state index is -5.10. The average molecular weight is 1460 g/mol. The lowest BCUT2D eigenvalue weighted by Gasteiger charge is -2.43. The van der Waals surface area contributed by atoms with Crippen LogP contribution in [0.15, 0.2) is 168 Å². The number of aliphatic hydroxyl groups excluding tert-OH is 2. The first-order valence-electron chi connectivity index (χ1n) is 34.7. The third-order valence-electron chi connectivity index (χ3n) is 20.2. The zero-order valence-corrected chi connectivity index (χ0v) is 59.8. The van der Waals surface area contributed by atoms with Crippen molar-refractivity contribution in [3.05, 3.63) is 180 Å². The standard InChI is InChI=1S/C40H40N12O8S2.2C17H24NO3/c53-61(54,55)33-25-31(43-37-45-35(41-29-7-3-1-4-8-29)47-39(49-37)51-17-21-59-22-18-51)15-13-27(33)11-12-28-14-16-32(26-34(28)62(56,57)58)44-38-46-36(42-30-9-5-2-6-10-30)48-40(50-38)52-19-23-60-24-20-52;2*1-18(2)13-8-9-14(18)11-15(10-13)21-17(20)16(19)12-6-4-3-5-7-12/h1-16,25-26H,17-24H2,(H,53,54,55)(H,56,57,58)(H2,41,43,45,47,49)(H2,42,44,46,48,50);2*3-7,13-16,19H,8-11H2,1-2H3/q;2*+1/p-2/b12-11+;;/t;2*13-,14+,15+,16?. The van der Waals surface area contributed by atoms with Crippen LogP contribution >= 0.6 is 0 Å². The van der Waals surface area contributed by atoms with Gasteiger partial charge >= 0.3 is 11.9 Å². The maximum Gasteiger partial charge on any atom is 0.339 e. The molecule has 0 amide bonds. The number of ether oxygens (including phenoxy) is 4. The number of aliphatic hydroxyl groups is 2. The molecule has 0 radical (unpaired) electrons. The van der Waals surface area contributed by atoms with E-state index >= 15 is 0 Å². The number of nitrogens with one attached hydrogen (secondary N) is 4. The summed E-state index contributed by atoms with van der Waals surface area (Å²) in [5.41, 5.74) is 2.82. The van der Waals surface area contributed by atoms with Gasteiger partial charge < -0.3 is 78.3 Å². The van der Waals surface area contributed by atoms with Crippen molar-refractivity contribution >= 4 is 103 Å². The maximum absolute atomic E-state index is 12.6. The van der Waals surface area contributed by atoms with E-state index in [2.05, 4.69) is 79.4 Å². The van der Waals surface area contributed by atoms with E-state index in [0.29, 0.717) is 99.8 Å². The number of carbonyl (C=O) groups is 2. The highest BCUT2D eigenvalue weighted by Gasteiger charge is 2.51. The van der Waals surface area contributed by atoms with Gasteiger partial charge in [-0.1, -0.05) is 121 Å². The predicted octanol–water partition coefficient (Wildman–Crippen LogP) is 8.75. The van der Waals surface area contributed by atoms with Crippen LogP contribution in [0.1, 0.15) is 85.8 Å². The number of fused-ring (bicyclic) bond motifs is 4. The number of carbonyl (C=O) groups excluding carboxylic acids is 2. The summed E-state index contributed by atoms with van der Waals surface area (Å²) in [6.07, 6.45) is 8.55. The molecule has 6 aliphatic rings. The topological polar surface area (TPSA) is 358 Å². The Morgan fingerprint density at radius 3 is 1.07 bits per heavy atom. The van der Waals surface area contributed by atoms with E-state index in [1.165, 1.54) is 62.1 Å². The normalized spacial score (nSPS) is 21.6. The largest absolute Gasteiger partial charge is 0.744 e. The lowest BCUT2D eigenvalue weighted by Crippen LogP contribution is -2.56. The van der Waals surface area contributed by atoms with E-state index in [-0.39, 0.29) is 58.5 Å². The number of piperidine rings is 2. The molecule has 6 aromatic carbocycles. The summed E-state index contributed by atoms with van der Waals surface area (Å²) in [5, 5.41) is 32.4. The molecule has 548 valence electrons. The van der Waals surface area contributed by atoms with Crippen LogP contribution in [-0.2, 0) is 48.8 Å². The molecule has 0 aliphatic carbocycles. The highest BCUT2D eigenvalue weighted by atomic mass is 32.2. The van der Waals surface area contributed by atoms with E-state index in [9.17, 15) is 45.7 Å². The van der Waals surface area contributed by atoms with Gasteiger partial charge in [-0.15, -0.1) is 0 Å². The van der Waals surface area contributed by atoms with Crippen LogP contribution in [-0.4, -0.2) is 204 Å². The number of nitrogens with zero attached hydrogens (tertiary/aromatic N) is 10. The molecule has 2 aromatic heterocycles. The van der Waals surface area contributed by atoms with Gasteiger partial charge in [0.2, 0.25) is 35.7 Å². The summed E-state index contributed by atoms with van der Waals surface area (Å²) in [6.45, 7) is 4.04. The Kier molecular flexibility index (Phi) is 23.2. The molecule has 28 nitrogen and oxygen atoms in total. The minimum Gasteiger partial charge on any atom is -0.744 e. The third kappa shape index (κ3) is 18.7. The minimum absolute atomic E-state index is 0.0421. The molecular formula is C74H86N14O14S2. The van der Waals surface area contributed by atoms with Crippen molar-refractivity contribution in [2.24, 2.45) is 0 Å². The van der Waals surface area contributed by atoms with Crippen molar-refractivity contribution in [3.8, 4) is 0 Å². The second-order valence-corrected chi connectivity index (χ2v) is 30.2. The van der Waals surface area contributed by atoms with Crippen LogP contribution in [0.4, 0.5) is 58.4 Å². The summed E-state index contributed by atoms with van der Waals surface area (Å²) in [4.78, 5) is 54.0. The Balaban J connectivity index is 0.000000194. The van der Waals surface area contributed by atoms with Gasteiger partial charge in [-0.05, 0) is 70.8 Å². The molecule has 30 heteroatoms. The maximum atomic E-state index is 12.6. The fraction of sp³-hybridized carbons (Fsp3) is 0.378. The molecule has 0 spiro atoms. The van der Waals surface area contributed by atoms with Crippen LogP contribution in [0.2, 0.25) is 0 Å². The number of aromatic nitrogens is 6. The number of anilines is 10. The van der Waals surface area contributed by atoms with Gasteiger partial charge in [0.15, 0.2) is 12.2 Å².